The van der Waals surface area contributed by atoms with E-state index in [0.717, 1.165) is 19.2 Å². The first-order valence-corrected chi connectivity index (χ1v) is 11.4. The van der Waals surface area contributed by atoms with Gasteiger partial charge in [0.25, 0.3) is 6.43 Å². The highest BCUT2D eigenvalue weighted by molar-refractivity contribution is 7.84. The monoisotopic (exact) mass is 481 g/mol. The van der Waals surface area contributed by atoms with Crippen LogP contribution in [0.2, 0.25) is 0 Å². The smallest absolute Gasteiger partial charge is 0.272 e. The van der Waals surface area contributed by atoms with Gasteiger partial charge in [0.15, 0.2) is 17.8 Å². The molecular formula is C22H26F3N5O2S. The molecule has 0 amide bonds. The van der Waals surface area contributed by atoms with Gasteiger partial charge in [0.1, 0.15) is 5.82 Å². The van der Waals surface area contributed by atoms with E-state index < -0.39 is 30.0 Å². The van der Waals surface area contributed by atoms with E-state index in [1.54, 1.807) is 4.31 Å². The van der Waals surface area contributed by atoms with Crippen LogP contribution in [0.5, 0.6) is 0 Å². The Morgan fingerprint density at radius 3 is 2.48 bits per heavy atom. The molecule has 0 aliphatic carbocycles. The van der Waals surface area contributed by atoms with Gasteiger partial charge < -0.3 is 9.64 Å². The third-order valence-electron chi connectivity index (χ3n) is 5.04. The summed E-state index contributed by atoms with van der Waals surface area (Å²) >= 11 is -1.53. The molecule has 1 saturated heterocycles. The fraction of sp³-hybridized carbons (Fsp3) is 0.364. The lowest BCUT2D eigenvalue weighted by atomic mass is 10.1. The van der Waals surface area contributed by atoms with Crippen molar-refractivity contribution >= 4 is 29.5 Å². The van der Waals surface area contributed by atoms with Gasteiger partial charge in [-0.1, -0.05) is 24.3 Å². The summed E-state index contributed by atoms with van der Waals surface area (Å²) in [5, 5.41) is 6.88. The lowest BCUT2D eigenvalue weighted by molar-refractivity contribution is 0.0765. The molecule has 3 rings (SSSR count). The molecule has 7 nitrogen and oxygen atoms in total. The van der Waals surface area contributed by atoms with E-state index in [0.29, 0.717) is 18.8 Å². The Morgan fingerprint density at radius 1 is 1.18 bits per heavy atom. The van der Waals surface area contributed by atoms with E-state index in [-0.39, 0.29) is 23.6 Å². The van der Waals surface area contributed by atoms with E-state index >= 15 is 4.39 Å². The molecule has 11 heteroatoms. The molecule has 0 spiro atoms. The van der Waals surface area contributed by atoms with Crippen molar-refractivity contribution in [2.24, 2.45) is 10.2 Å². The Bertz CT molecular complexity index is 985. The molecule has 0 N–H and O–H groups in total. The topological polar surface area (TPSA) is 60.7 Å². The summed E-state index contributed by atoms with van der Waals surface area (Å²) in [6.07, 6.45) is -2.71. The molecule has 1 heterocycles. The molecule has 1 aliphatic rings. The van der Waals surface area contributed by atoms with Gasteiger partial charge in [-0.05, 0) is 31.3 Å². The Hall–Kier alpha value is -2.76. The van der Waals surface area contributed by atoms with Gasteiger partial charge in [0.05, 0.1) is 12.2 Å². The van der Waals surface area contributed by atoms with Gasteiger partial charge in [0, 0.05) is 44.0 Å². The molecule has 1 aliphatic heterocycles. The number of para-hydroxylation sites is 1. The second kappa shape index (κ2) is 11.9. The lowest BCUT2D eigenvalue weighted by Gasteiger charge is -2.35. The SMILES string of the molecule is C=N/N=C(\OCC(F)F)c1ccc(CN(c2ccccc2)S(=O)N2CCN(C)CC2)c(F)c1. The highest BCUT2D eigenvalue weighted by atomic mass is 32.2. The molecule has 2 aromatic rings. The number of hydrogen-bond acceptors (Lipinski definition) is 5. The molecule has 1 atom stereocenters. The number of benzene rings is 2. The number of nitrogens with zero attached hydrogens (tertiary/aromatic N) is 5. The number of hydrogen-bond donors (Lipinski definition) is 0. The van der Waals surface area contributed by atoms with Crippen LogP contribution in [-0.2, 0) is 22.5 Å². The molecule has 0 aromatic heterocycles. The summed E-state index contributed by atoms with van der Waals surface area (Å²) in [5.74, 6) is -0.863. The predicted molar refractivity (Wildman–Crippen MR) is 124 cm³/mol. The van der Waals surface area contributed by atoms with Crippen molar-refractivity contribution in [3.8, 4) is 0 Å². The van der Waals surface area contributed by atoms with Gasteiger partial charge in [-0.2, -0.15) is 5.10 Å². The normalized spacial score (nSPS) is 16.6. The first kappa shape index (κ1) is 24.9. The van der Waals surface area contributed by atoms with Crippen LogP contribution in [0.4, 0.5) is 18.9 Å². The number of piperazine rings is 1. The van der Waals surface area contributed by atoms with E-state index in [9.17, 15) is 13.0 Å². The van der Waals surface area contributed by atoms with Crippen molar-refractivity contribution in [2.75, 3.05) is 44.1 Å². The van der Waals surface area contributed by atoms with Crippen LogP contribution in [-0.4, -0.2) is 72.3 Å². The summed E-state index contributed by atoms with van der Waals surface area (Å²) in [7, 11) is 2.01. The Kier molecular flexibility index (Phi) is 8.98. The second-order valence-corrected chi connectivity index (χ2v) is 8.81. The molecule has 1 fully saturated rings. The van der Waals surface area contributed by atoms with E-state index in [1.807, 2.05) is 41.7 Å². The maximum atomic E-state index is 15.0. The molecule has 2 aromatic carbocycles. The van der Waals surface area contributed by atoms with Crippen molar-refractivity contribution in [3.63, 3.8) is 0 Å². The third-order valence-corrected chi connectivity index (χ3v) is 6.56. The number of alkyl halides is 2. The van der Waals surface area contributed by atoms with Gasteiger partial charge in [-0.15, -0.1) is 5.10 Å². The molecule has 1 unspecified atom stereocenters. The average molecular weight is 482 g/mol. The zero-order valence-electron chi connectivity index (χ0n) is 18.2. The van der Waals surface area contributed by atoms with Crippen LogP contribution in [0.25, 0.3) is 0 Å². The Balaban J connectivity index is 1.84. The van der Waals surface area contributed by atoms with E-state index in [4.69, 9.17) is 4.74 Å². The maximum absolute atomic E-state index is 15.0. The Labute approximate surface area is 193 Å². The van der Waals surface area contributed by atoms with Crippen LogP contribution >= 0.6 is 0 Å². The Morgan fingerprint density at radius 2 is 1.88 bits per heavy atom. The molecule has 178 valence electrons. The van der Waals surface area contributed by atoms with Crippen LogP contribution < -0.4 is 4.31 Å². The van der Waals surface area contributed by atoms with Crippen LogP contribution in [0.15, 0.2) is 58.7 Å². The standard InChI is InChI=1S/C22H26F3N5O2S/c1-26-27-22(32-16-21(24)25)17-8-9-18(20(23)14-17)15-30(19-6-4-3-5-7-19)33(31)29-12-10-28(2)11-13-29/h3-9,14,21H,1,10-13,15-16H2,2H3/b27-22-. The van der Waals surface area contributed by atoms with Gasteiger partial charge in [-0.3, -0.25) is 4.31 Å². The maximum Gasteiger partial charge on any atom is 0.272 e. The van der Waals surface area contributed by atoms with Crippen molar-refractivity contribution in [2.45, 2.75) is 13.0 Å². The van der Waals surface area contributed by atoms with Crippen molar-refractivity contribution in [1.29, 1.82) is 0 Å². The van der Waals surface area contributed by atoms with Crippen molar-refractivity contribution in [3.05, 3.63) is 65.5 Å². The zero-order chi connectivity index (χ0) is 23.8. The molecule has 0 bridgehead atoms. The zero-order valence-corrected chi connectivity index (χ0v) is 19.1. The molecule has 0 saturated carbocycles. The lowest BCUT2D eigenvalue weighted by Crippen LogP contribution is -2.49. The fourth-order valence-electron chi connectivity index (χ4n) is 3.25. The van der Waals surface area contributed by atoms with Crippen LogP contribution in [0.3, 0.4) is 0 Å². The number of ether oxygens (including phenoxy) is 1. The third kappa shape index (κ3) is 6.86. The number of rotatable bonds is 9. The minimum atomic E-state index is -2.71. The summed E-state index contributed by atoms with van der Waals surface area (Å²) in [4.78, 5) is 2.16. The van der Waals surface area contributed by atoms with Crippen LogP contribution in [0, 0.1) is 5.82 Å². The minimum Gasteiger partial charge on any atom is -0.470 e. The largest absolute Gasteiger partial charge is 0.470 e. The first-order valence-electron chi connectivity index (χ1n) is 10.3. The summed E-state index contributed by atoms with van der Waals surface area (Å²) in [6.45, 7) is 5.16. The quantitative estimate of drug-likeness (QED) is 0.314. The van der Waals surface area contributed by atoms with Crippen molar-refractivity contribution < 1.29 is 22.1 Å². The van der Waals surface area contributed by atoms with Crippen LogP contribution in [0.1, 0.15) is 11.1 Å². The molecular weight excluding hydrogens is 455 g/mol. The molecule has 33 heavy (non-hydrogen) atoms. The minimum absolute atomic E-state index is 0.0408. The van der Waals surface area contributed by atoms with Gasteiger partial charge in [0.2, 0.25) is 5.90 Å². The van der Waals surface area contributed by atoms with Gasteiger partial charge in [-0.25, -0.2) is 21.7 Å². The van der Waals surface area contributed by atoms with E-state index in [2.05, 4.69) is 21.8 Å². The number of likely N-dealkylation sites (N-methyl/N-ethyl adjacent to an activating group) is 1. The fourth-order valence-corrected chi connectivity index (χ4v) is 4.56. The molecule has 0 radical (unpaired) electrons. The summed E-state index contributed by atoms with van der Waals surface area (Å²) < 4.78 is 61.9. The highest BCUT2D eigenvalue weighted by Gasteiger charge is 2.26. The average Bonchev–Trinajstić information content (AvgIpc) is 2.81. The number of anilines is 1. The van der Waals surface area contributed by atoms with Crippen molar-refractivity contribution in [1.82, 2.24) is 9.21 Å². The first-order chi connectivity index (χ1) is 15.9. The highest BCUT2D eigenvalue weighted by Crippen LogP contribution is 2.23. The summed E-state index contributed by atoms with van der Waals surface area (Å²) in [6, 6.07) is 13.3. The predicted octanol–water partition coefficient (Wildman–Crippen LogP) is 3.30. The second-order valence-electron chi connectivity index (χ2n) is 7.39. The summed E-state index contributed by atoms with van der Waals surface area (Å²) in [5.41, 5.74) is 1.12. The van der Waals surface area contributed by atoms with E-state index in [1.165, 1.54) is 12.1 Å². The number of halogens is 3. The van der Waals surface area contributed by atoms with Gasteiger partial charge >= 0.3 is 0 Å².